The standard InChI is InChI=1S/C4H10ClNO.ClH/c1-2-4(5,7)3-6;/h7H,2-3,6H2,1H3;1H. The minimum atomic E-state index is -1.17. The maximum atomic E-state index is 8.77. The van der Waals surface area contributed by atoms with E-state index >= 15 is 0 Å². The third kappa shape index (κ3) is 4.65. The molecular weight excluding hydrogens is 149 g/mol. The predicted molar refractivity (Wildman–Crippen MR) is 37.4 cm³/mol. The molecule has 8 heavy (non-hydrogen) atoms. The summed E-state index contributed by atoms with van der Waals surface area (Å²) in [6.07, 6.45) is 0.491. The first kappa shape index (κ1) is 11.3. The van der Waals surface area contributed by atoms with Gasteiger partial charge in [-0.05, 0) is 6.42 Å². The molecule has 2 nitrogen and oxygen atoms in total. The molecule has 52 valence electrons. The van der Waals surface area contributed by atoms with Crippen LogP contribution < -0.4 is 5.73 Å². The van der Waals surface area contributed by atoms with Gasteiger partial charge in [0.05, 0.1) is 0 Å². The summed E-state index contributed by atoms with van der Waals surface area (Å²) in [5, 5.41) is 7.61. The lowest BCUT2D eigenvalue weighted by Crippen LogP contribution is -2.29. The average Bonchev–Trinajstić information content (AvgIpc) is 1.68. The van der Waals surface area contributed by atoms with Gasteiger partial charge in [-0.15, -0.1) is 12.4 Å². The van der Waals surface area contributed by atoms with E-state index in [2.05, 4.69) is 0 Å². The van der Waals surface area contributed by atoms with Crippen molar-refractivity contribution in [3.63, 3.8) is 0 Å². The molecule has 0 aliphatic rings. The van der Waals surface area contributed by atoms with Gasteiger partial charge in [0.2, 0.25) is 0 Å². The van der Waals surface area contributed by atoms with Crippen LogP contribution in [-0.4, -0.2) is 16.7 Å². The van der Waals surface area contributed by atoms with E-state index < -0.39 is 5.06 Å². The second-order valence-electron chi connectivity index (χ2n) is 1.48. The highest BCUT2D eigenvalue weighted by molar-refractivity contribution is 6.22. The molecular formula is C4H11Cl2NO. The summed E-state index contributed by atoms with van der Waals surface area (Å²) in [6, 6.07) is 0. The van der Waals surface area contributed by atoms with Crippen LogP contribution in [0.4, 0.5) is 0 Å². The van der Waals surface area contributed by atoms with Gasteiger partial charge in [0.25, 0.3) is 0 Å². The number of hydrogen-bond acceptors (Lipinski definition) is 2. The minimum absolute atomic E-state index is 0. The van der Waals surface area contributed by atoms with Crippen molar-refractivity contribution in [3.8, 4) is 0 Å². The molecule has 4 heteroatoms. The first-order chi connectivity index (χ1) is 3.12. The topological polar surface area (TPSA) is 46.2 Å². The first-order valence-electron chi connectivity index (χ1n) is 2.24. The lowest BCUT2D eigenvalue weighted by molar-refractivity contribution is 0.133. The van der Waals surface area contributed by atoms with Gasteiger partial charge in [0.15, 0.2) is 0 Å². The zero-order chi connectivity index (χ0) is 5.91. The number of hydrogen-bond donors (Lipinski definition) is 2. The lowest BCUT2D eigenvalue weighted by atomic mass is 10.3. The second-order valence-corrected chi connectivity index (χ2v) is 2.18. The summed E-state index contributed by atoms with van der Waals surface area (Å²) in [6.45, 7) is 1.89. The van der Waals surface area contributed by atoms with E-state index in [-0.39, 0.29) is 19.0 Å². The molecule has 0 aromatic rings. The van der Waals surface area contributed by atoms with Crippen molar-refractivity contribution in [2.24, 2.45) is 5.73 Å². The predicted octanol–water partition coefficient (Wildman–Crippen LogP) is 0.704. The van der Waals surface area contributed by atoms with Crippen LogP contribution in [0.2, 0.25) is 0 Å². The van der Waals surface area contributed by atoms with E-state index in [9.17, 15) is 0 Å². The Morgan fingerprint density at radius 3 is 2.12 bits per heavy atom. The molecule has 0 heterocycles. The van der Waals surface area contributed by atoms with E-state index in [0.717, 1.165) is 0 Å². The Kier molecular flexibility index (Phi) is 6.20. The Hall–Kier alpha value is 0.500. The average molecular weight is 160 g/mol. The van der Waals surface area contributed by atoms with Crippen molar-refractivity contribution >= 4 is 24.0 Å². The molecule has 1 unspecified atom stereocenters. The summed E-state index contributed by atoms with van der Waals surface area (Å²) in [5.41, 5.74) is 5.03. The fraction of sp³-hybridized carbons (Fsp3) is 1.00. The third-order valence-electron chi connectivity index (χ3n) is 0.855. The van der Waals surface area contributed by atoms with Gasteiger partial charge in [0, 0.05) is 6.54 Å². The third-order valence-corrected chi connectivity index (χ3v) is 1.28. The molecule has 0 fully saturated rings. The van der Waals surface area contributed by atoms with E-state index in [1.807, 2.05) is 0 Å². The number of rotatable bonds is 2. The first-order valence-corrected chi connectivity index (χ1v) is 2.61. The highest BCUT2D eigenvalue weighted by atomic mass is 35.5. The lowest BCUT2D eigenvalue weighted by Gasteiger charge is -2.13. The van der Waals surface area contributed by atoms with Crippen LogP contribution in [0, 0.1) is 0 Å². The molecule has 0 radical (unpaired) electrons. The fourth-order valence-corrected chi connectivity index (χ4v) is 0.144. The van der Waals surface area contributed by atoms with Crippen molar-refractivity contribution in [1.29, 1.82) is 0 Å². The van der Waals surface area contributed by atoms with Gasteiger partial charge in [-0.3, -0.25) is 0 Å². The molecule has 3 N–H and O–H groups in total. The van der Waals surface area contributed by atoms with Gasteiger partial charge < -0.3 is 10.8 Å². The summed E-state index contributed by atoms with van der Waals surface area (Å²) in [5.74, 6) is 0. The van der Waals surface area contributed by atoms with Gasteiger partial charge >= 0.3 is 0 Å². The van der Waals surface area contributed by atoms with Crippen molar-refractivity contribution in [1.82, 2.24) is 0 Å². The van der Waals surface area contributed by atoms with Crippen LogP contribution >= 0.6 is 24.0 Å². The monoisotopic (exact) mass is 159 g/mol. The van der Waals surface area contributed by atoms with E-state index in [0.29, 0.717) is 6.42 Å². The van der Waals surface area contributed by atoms with Crippen LogP contribution in [-0.2, 0) is 0 Å². The SMILES string of the molecule is CCC(O)(Cl)CN.Cl. The molecule has 0 bridgehead atoms. The molecule has 0 aromatic carbocycles. The van der Waals surface area contributed by atoms with Crippen molar-refractivity contribution < 1.29 is 5.11 Å². The molecule has 0 saturated heterocycles. The smallest absolute Gasteiger partial charge is 0.150 e. The molecule has 0 rings (SSSR count). The summed E-state index contributed by atoms with van der Waals surface area (Å²) < 4.78 is 0. The van der Waals surface area contributed by atoms with Crippen LogP contribution in [0.25, 0.3) is 0 Å². The molecule has 0 spiro atoms. The maximum Gasteiger partial charge on any atom is 0.150 e. The normalized spacial score (nSPS) is 16.5. The van der Waals surface area contributed by atoms with Gasteiger partial charge in [0.1, 0.15) is 5.06 Å². The van der Waals surface area contributed by atoms with E-state index in [1.54, 1.807) is 6.92 Å². The second kappa shape index (κ2) is 4.39. The van der Waals surface area contributed by atoms with Gasteiger partial charge in [-0.25, -0.2) is 0 Å². The quantitative estimate of drug-likeness (QED) is 0.584. The molecule has 0 saturated carbocycles. The largest absolute Gasteiger partial charge is 0.374 e. The fourth-order valence-electron chi connectivity index (χ4n) is 0.144. The van der Waals surface area contributed by atoms with Crippen LogP contribution in [0.15, 0.2) is 0 Å². The number of aliphatic hydroxyl groups is 1. The Morgan fingerprint density at radius 1 is 1.75 bits per heavy atom. The zero-order valence-corrected chi connectivity index (χ0v) is 6.30. The van der Waals surface area contributed by atoms with Crippen LogP contribution in [0.3, 0.4) is 0 Å². The van der Waals surface area contributed by atoms with Gasteiger partial charge in [-0.2, -0.15) is 0 Å². The number of nitrogens with two attached hydrogens (primary N) is 1. The molecule has 0 aliphatic carbocycles. The van der Waals surface area contributed by atoms with Gasteiger partial charge in [-0.1, -0.05) is 18.5 Å². The van der Waals surface area contributed by atoms with Crippen LogP contribution in [0.1, 0.15) is 13.3 Å². The summed E-state index contributed by atoms with van der Waals surface area (Å²) in [4.78, 5) is 0. The number of alkyl halides is 1. The minimum Gasteiger partial charge on any atom is -0.374 e. The Morgan fingerprint density at radius 2 is 2.12 bits per heavy atom. The maximum absolute atomic E-state index is 8.77. The zero-order valence-electron chi connectivity index (χ0n) is 4.72. The molecule has 0 aliphatic heterocycles. The Balaban J connectivity index is 0. The molecule has 1 atom stereocenters. The van der Waals surface area contributed by atoms with Crippen LogP contribution in [0.5, 0.6) is 0 Å². The van der Waals surface area contributed by atoms with Crippen molar-refractivity contribution in [3.05, 3.63) is 0 Å². The summed E-state index contributed by atoms with van der Waals surface area (Å²) in [7, 11) is 0. The number of halogens is 2. The Bertz CT molecular complexity index is 52.0. The van der Waals surface area contributed by atoms with E-state index in [4.69, 9.17) is 22.4 Å². The van der Waals surface area contributed by atoms with Crippen molar-refractivity contribution in [2.45, 2.75) is 18.4 Å². The molecule has 0 aromatic heterocycles. The molecule has 0 amide bonds. The Labute approximate surface area is 60.4 Å². The summed E-state index contributed by atoms with van der Waals surface area (Å²) >= 11 is 5.34. The highest BCUT2D eigenvalue weighted by Crippen LogP contribution is 2.11. The van der Waals surface area contributed by atoms with Crippen molar-refractivity contribution in [2.75, 3.05) is 6.54 Å². The van der Waals surface area contributed by atoms with E-state index in [1.165, 1.54) is 0 Å². The highest BCUT2D eigenvalue weighted by Gasteiger charge is 2.16.